The molecule has 1 atom stereocenters. The number of nitrogens with two attached hydrogens (primary N) is 1. The zero-order chi connectivity index (χ0) is 10.0. The predicted octanol–water partition coefficient (Wildman–Crippen LogP) is 1.51. The molecule has 1 aromatic rings. The van der Waals surface area contributed by atoms with Gasteiger partial charge in [0.15, 0.2) is 6.10 Å². The summed E-state index contributed by atoms with van der Waals surface area (Å²) in [7, 11) is 0. The minimum atomic E-state index is -1.41. The van der Waals surface area contributed by atoms with Gasteiger partial charge in [0, 0.05) is 5.56 Å². The van der Waals surface area contributed by atoms with Crippen molar-refractivity contribution in [2.45, 2.75) is 6.10 Å². The van der Waals surface area contributed by atoms with E-state index in [1.54, 1.807) is 12.1 Å². The molecule has 0 bridgehead atoms. The van der Waals surface area contributed by atoms with Gasteiger partial charge in [0.25, 0.3) is 5.91 Å². The highest BCUT2D eigenvalue weighted by Crippen LogP contribution is 2.29. The molecular formula is C8H7Cl2NO2. The van der Waals surface area contributed by atoms with Crippen LogP contribution in [-0.4, -0.2) is 11.0 Å². The summed E-state index contributed by atoms with van der Waals surface area (Å²) in [6.45, 7) is 0. The summed E-state index contributed by atoms with van der Waals surface area (Å²) >= 11 is 11.4. The lowest BCUT2D eigenvalue weighted by atomic mass is 10.1. The maximum absolute atomic E-state index is 10.6. The fourth-order valence-electron chi connectivity index (χ4n) is 0.885. The number of carbonyl (C=O) groups is 1. The minimum absolute atomic E-state index is 0.149. The number of hydrogen-bond acceptors (Lipinski definition) is 2. The second kappa shape index (κ2) is 3.96. The van der Waals surface area contributed by atoms with E-state index in [-0.39, 0.29) is 15.6 Å². The number of aliphatic hydroxyl groups is 1. The Hall–Kier alpha value is -0.770. The molecule has 0 aliphatic rings. The van der Waals surface area contributed by atoms with Crippen LogP contribution in [0.2, 0.25) is 10.0 Å². The lowest BCUT2D eigenvalue weighted by Crippen LogP contribution is -2.21. The number of amides is 1. The Balaban J connectivity index is 3.15. The zero-order valence-corrected chi connectivity index (χ0v) is 8.01. The number of hydrogen-bond donors (Lipinski definition) is 2. The molecule has 1 aromatic carbocycles. The molecule has 0 radical (unpaired) electrons. The second-order valence-corrected chi connectivity index (χ2v) is 3.23. The van der Waals surface area contributed by atoms with Gasteiger partial charge >= 0.3 is 0 Å². The van der Waals surface area contributed by atoms with Crippen LogP contribution in [0.4, 0.5) is 0 Å². The van der Waals surface area contributed by atoms with Gasteiger partial charge in [0.05, 0.1) is 10.0 Å². The van der Waals surface area contributed by atoms with E-state index >= 15 is 0 Å². The monoisotopic (exact) mass is 219 g/mol. The van der Waals surface area contributed by atoms with E-state index in [1.165, 1.54) is 6.07 Å². The van der Waals surface area contributed by atoms with Crippen LogP contribution in [0.3, 0.4) is 0 Å². The van der Waals surface area contributed by atoms with Crippen LogP contribution in [-0.2, 0) is 4.79 Å². The molecule has 0 saturated carbocycles. The molecule has 0 aliphatic carbocycles. The van der Waals surface area contributed by atoms with Crippen molar-refractivity contribution in [2.24, 2.45) is 5.73 Å². The third kappa shape index (κ3) is 2.12. The summed E-state index contributed by atoms with van der Waals surface area (Å²) in [6, 6.07) is 4.63. The molecule has 3 N–H and O–H groups in total. The van der Waals surface area contributed by atoms with Crippen LogP contribution in [0.1, 0.15) is 11.7 Å². The first-order valence-corrected chi connectivity index (χ1v) is 4.21. The zero-order valence-electron chi connectivity index (χ0n) is 6.50. The van der Waals surface area contributed by atoms with E-state index < -0.39 is 12.0 Å². The molecule has 0 spiro atoms. The van der Waals surface area contributed by atoms with Crippen molar-refractivity contribution in [1.82, 2.24) is 0 Å². The molecule has 13 heavy (non-hydrogen) atoms. The summed E-state index contributed by atoms with van der Waals surface area (Å²) in [5.41, 5.74) is 5.12. The maximum atomic E-state index is 10.6. The molecule has 0 heterocycles. The Morgan fingerprint density at radius 3 is 2.62 bits per heavy atom. The molecule has 1 rings (SSSR count). The first-order chi connectivity index (χ1) is 6.04. The second-order valence-electron chi connectivity index (χ2n) is 2.45. The van der Waals surface area contributed by atoms with E-state index in [2.05, 4.69) is 0 Å². The lowest BCUT2D eigenvalue weighted by Gasteiger charge is -2.09. The largest absolute Gasteiger partial charge is 0.378 e. The topological polar surface area (TPSA) is 63.3 Å². The highest BCUT2D eigenvalue weighted by Gasteiger charge is 2.17. The summed E-state index contributed by atoms with van der Waals surface area (Å²) in [6.07, 6.45) is -1.41. The quantitative estimate of drug-likeness (QED) is 0.793. The molecule has 0 saturated heterocycles. The van der Waals surface area contributed by atoms with Crippen LogP contribution in [0.15, 0.2) is 18.2 Å². The Morgan fingerprint density at radius 2 is 2.08 bits per heavy atom. The van der Waals surface area contributed by atoms with Gasteiger partial charge in [-0.1, -0.05) is 35.3 Å². The highest BCUT2D eigenvalue weighted by atomic mass is 35.5. The van der Waals surface area contributed by atoms with Crippen LogP contribution in [0.5, 0.6) is 0 Å². The molecule has 1 amide bonds. The Morgan fingerprint density at radius 1 is 1.46 bits per heavy atom. The number of primary amides is 1. The normalized spacial score (nSPS) is 12.5. The maximum Gasteiger partial charge on any atom is 0.250 e. The fraction of sp³-hybridized carbons (Fsp3) is 0.125. The predicted molar refractivity (Wildman–Crippen MR) is 50.6 cm³/mol. The van der Waals surface area contributed by atoms with Crippen LogP contribution in [0.25, 0.3) is 0 Å². The molecule has 0 fully saturated rings. The Kier molecular flexibility index (Phi) is 3.14. The fourth-order valence-corrected chi connectivity index (χ4v) is 1.30. The molecule has 0 aliphatic heterocycles. The average Bonchev–Trinajstić information content (AvgIpc) is 2.08. The summed E-state index contributed by atoms with van der Waals surface area (Å²) in [4.78, 5) is 10.6. The summed E-state index contributed by atoms with van der Waals surface area (Å²) < 4.78 is 0. The van der Waals surface area contributed by atoms with Crippen LogP contribution >= 0.6 is 23.2 Å². The highest BCUT2D eigenvalue weighted by molar-refractivity contribution is 6.42. The van der Waals surface area contributed by atoms with Gasteiger partial charge in [-0.25, -0.2) is 0 Å². The third-order valence-electron chi connectivity index (χ3n) is 1.55. The standard InChI is InChI=1S/C8H7Cl2NO2/c9-5-3-1-2-4(6(5)10)7(12)8(11)13/h1-3,7,12H,(H2,11,13). The van der Waals surface area contributed by atoms with Gasteiger partial charge < -0.3 is 10.8 Å². The van der Waals surface area contributed by atoms with Crippen LogP contribution in [0, 0.1) is 0 Å². The average molecular weight is 220 g/mol. The molecule has 3 nitrogen and oxygen atoms in total. The van der Waals surface area contributed by atoms with Gasteiger partial charge in [-0.3, -0.25) is 4.79 Å². The molecule has 0 aromatic heterocycles. The van der Waals surface area contributed by atoms with Gasteiger partial charge in [0.1, 0.15) is 0 Å². The van der Waals surface area contributed by atoms with Gasteiger partial charge in [-0.2, -0.15) is 0 Å². The molecule has 1 unspecified atom stereocenters. The summed E-state index contributed by atoms with van der Waals surface area (Å²) in [5, 5.41) is 9.71. The number of aliphatic hydroxyl groups excluding tert-OH is 1. The van der Waals surface area contributed by atoms with Gasteiger partial charge in [0.2, 0.25) is 0 Å². The van der Waals surface area contributed by atoms with Crippen molar-refractivity contribution < 1.29 is 9.90 Å². The van der Waals surface area contributed by atoms with Crippen molar-refractivity contribution in [2.75, 3.05) is 0 Å². The number of halogens is 2. The van der Waals surface area contributed by atoms with E-state index in [0.717, 1.165) is 0 Å². The third-order valence-corrected chi connectivity index (χ3v) is 2.38. The molecule has 70 valence electrons. The number of carbonyl (C=O) groups excluding carboxylic acids is 1. The molecular weight excluding hydrogens is 213 g/mol. The van der Waals surface area contributed by atoms with Crippen LogP contribution < -0.4 is 5.73 Å². The Bertz CT molecular complexity index is 341. The van der Waals surface area contributed by atoms with Gasteiger partial charge in [-0.15, -0.1) is 0 Å². The SMILES string of the molecule is NC(=O)C(O)c1cccc(Cl)c1Cl. The van der Waals surface area contributed by atoms with Crippen molar-refractivity contribution >= 4 is 29.1 Å². The van der Waals surface area contributed by atoms with Crippen molar-refractivity contribution in [3.63, 3.8) is 0 Å². The smallest absolute Gasteiger partial charge is 0.250 e. The lowest BCUT2D eigenvalue weighted by molar-refractivity contribution is -0.126. The number of rotatable bonds is 2. The van der Waals surface area contributed by atoms with Crippen molar-refractivity contribution in [3.8, 4) is 0 Å². The van der Waals surface area contributed by atoms with E-state index in [1.807, 2.05) is 0 Å². The molecule has 5 heteroatoms. The summed E-state index contributed by atoms with van der Waals surface area (Å²) in [5.74, 6) is -0.857. The van der Waals surface area contributed by atoms with Gasteiger partial charge in [-0.05, 0) is 6.07 Å². The first-order valence-electron chi connectivity index (χ1n) is 3.45. The van der Waals surface area contributed by atoms with E-state index in [4.69, 9.17) is 28.9 Å². The minimum Gasteiger partial charge on any atom is -0.378 e. The van der Waals surface area contributed by atoms with Crippen molar-refractivity contribution in [1.29, 1.82) is 0 Å². The number of benzene rings is 1. The Labute approximate surface area is 85.1 Å². The van der Waals surface area contributed by atoms with E-state index in [0.29, 0.717) is 0 Å². The van der Waals surface area contributed by atoms with E-state index in [9.17, 15) is 9.90 Å². The first kappa shape index (κ1) is 10.3. The van der Waals surface area contributed by atoms with Crippen molar-refractivity contribution in [3.05, 3.63) is 33.8 Å².